The van der Waals surface area contributed by atoms with Gasteiger partial charge in [0.05, 0.1) is 11.7 Å². The number of halogens is 3. The summed E-state index contributed by atoms with van der Waals surface area (Å²) in [6.07, 6.45) is -3.17. The Balaban J connectivity index is 1.59. The minimum absolute atomic E-state index is 0.00477. The van der Waals surface area contributed by atoms with Gasteiger partial charge >= 0.3 is 0 Å². The largest absolute Gasteiger partial charge is 0.387 e. The Morgan fingerprint density at radius 1 is 1.27 bits per heavy atom. The highest BCUT2D eigenvalue weighted by Gasteiger charge is 2.51. The number of thiazole rings is 1. The predicted molar refractivity (Wildman–Crippen MR) is 115 cm³/mol. The summed E-state index contributed by atoms with van der Waals surface area (Å²) in [5, 5.41) is 22.0. The van der Waals surface area contributed by atoms with E-state index < -0.39 is 47.5 Å². The number of rotatable bonds is 5. The van der Waals surface area contributed by atoms with Crippen LogP contribution in [-0.2, 0) is 11.2 Å². The summed E-state index contributed by atoms with van der Waals surface area (Å²) in [6, 6.07) is 4.93. The lowest BCUT2D eigenvalue weighted by Gasteiger charge is -2.45. The SMILES string of the molecule is C[C@H]1O[C@@H](c2ccncc2CC(=O)c2csc(-c3c(F)cccc3F)n2)[C@H](F)[C@@H](O)[C@]1(C)O. The van der Waals surface area contributed by atoms with Crippen molar-refractivity contribution in [1.82, 2.24) is 9.97 Å². The molecule has 3 heterocycles. The fourth-order valence-corrected chi connectivity index (χ4v) is 4.62. The van der Waals surface area contributed by atoms with Gasteiger partial charge in [0, 0.05) is 24.2 Å². The molecule has 2 N–H and O–H groups in total. The van der Waals surface area contributed by atoms with Crippen molar-refractivity contribution >= 4 is 17.1 Å². The average molecular weight is 478 g/mol. The first-order chi connectivity index (χ1) is 15.6. The van der Waals surface area contributed by atoms with E-state index in [1.807, 2.05) is 0 Å². The molecule has 5 atom stereocenters. The predicted octanol–water partition coefficient (Wildman–Crippen LogP) is 3.82. The minimum Gasteiger partial charge on any atom is -0.387 e. The molecule has 0 aliphatic carbocycles. The molecule has 0 amide bonds. The molecule has 2 aromatic heterocycles. The smallest absolute Gasteiger partial charge is 0.186 e. The van der Waals surface area contributed by atoms with Gasteiger partial charge in [0.1, 0.15) is 40.1 Å². The van der Waals surface area contributed by atoms with E-state index in [0.717, 1.165) is 23.5 Å². The molecule has 1 aliphatic rings. The molecule has 0 spiro atoms. The van der Waals surface area contributed by atoms with Gasteiger partial charge in [0.2, 0.25) is 0 Å². The van der Waals surface area contributed by atoms with E-state index >= 15 is 0 Å². The Bertz CT molecular complexity index is 1170. The molecule has 1 saturated heterocycles. The van der Waals surface area contributed by atoms with E-state index in [-0.39, 0.29) is 22.7 Å². The first kappa shape index (κ1) is 23.5. The number of ketones is 1. The quantitative estimate of drug-likeness (QED) is 0.542. The van der Waals surface area contributed by atoms with Crippen LogP contribution in [0.25, 0.3) is 10.6 Å². The Morgan fingerprint density at radius 2 is 1.97 bits per heavy atom. The second-order valence-electron chi connectivity index (χ2n) is 8.12. The number of aliphatic hydroxyl groups excluding tert-OH is 1. The van der Waals surface area contributed by atoms with Crippen molar-refractivity contribution in [3.63, 3.8) is 0 Å². The molecular weight excluding hydrogens is 457 g/mol. The lowest BCUT2D eigenvalue weighted by Crippen LogP contribution is -2.59. The molecular formula is C23H21F3N2O4S. The summed E-state index contributed by atoms with van der Waals surface area (Å²) in [4.78, 5) is 21.0. The standard InChI is InChI=1S/C23H21F3N2O4S/c1-11-23(2,31)21(30)19(26)20(32-11)13-6-7-27-9-12(13)8-17(29)16-10-33-22(28-16)18-14(24)4-3-5-15(18)25/h3-7,9-11,19-21,30-31H,8H2,1-2H3/t11-,19+,20+,21-,23-/m1/s1. The lowest BCUT2D eigenvalue weighted by molar-refractivity contribution is -0.245. The highest BCUT2D eigenvalue weighted by molar-refractivity contribution is 7.13. The summed E-state index contributed by atoms with van der Waals surface area (Å²) in [5.41, 5.74) is -1.43. The lowest BCUT2D eigenvalue weighted by atomic mass is 9.82. The third-order valence-electron chi connectivity index (χ3n) is 5.93. The fraction of sp³-hybridized carbons (Fsp3) is 0.348. The normalized spacial score (nSPS) is 27.5. The summed E-state index contributed by atoms with van der Waals surface area (Å²) in [5.74, 6) is -2.04. The number of hydrogen-bond acceptors (Lipinski definition) is 7. The molecule has 0 unspecified atom stereocenters. The number of aromatic nitrogens is 2. The van der Waals surface area contributed by atoms with Gasteiger partial charge in [-0.2, -0.15) is 0 Å². The van der Waals surface area contributed by atoms with Gasteiger partial charge in [0.15, 0.2) is 12.0 Å². The zero-order chi connectivity index (χ0) is 23.9. The van der Waals surface area contributed by atoms with Crippen LogP contribution in [0, 0.1) is 11.6 Å². The second-order valence-corrected chi connectivity index (χ2v) is 8.98. The van der Waals surface area contributed by atoms with Crippen LogP contribution < -0.4 is 0 Å². The summed E-state index contributed by atoms with van der Waals surface area (Å²) in [6.45, 7) is 2.81. The number of ether oxygens (including phenoxy) is 1. The van der Waals surface area contributed by atoms with Crippen molar-refractivity contribution < 1.29 is 32.9 Å². The number of Topliss-reactive ketones (excluding diaryl/α,β-unsaturated/α-hetero) is 1. The minimum atomic E-state index is -1.94. The van der Waals surface area contributed by atoms with Crippen molar-refractivity contribution in [1.29, 1.82) is 0 Å². The number of alkyl halides is 1. The molecule has 0 bridgehead atoms. The van der Waals surface area contributed by atoms with Gasteiger partial charge in [0.25, 0.3) is 0 Å². The number of carbonyl (C=O) groups is 1. The van der Waals surface area contributed by atoms with Gasteiger partial charge in [-0.05, 0) is 43.2 Å². The number of aliphatic hydroxyl groups is 2. The van der Waals surface area contributed by atoms with Gasteiger partial charge in [-0.15, -0.1) is 11.3 Å². The molecule has 1 aliphatic heterocycles. The maximum Gasteiger partial charge on any atom is 0.186 e. The third-order valence-corrected chi connectivity index (χ3v) is 6.79. The van der Waals surface area contributed by atoms with Crippen LogP contribution in [0.3, 0.4) is 0 Å². The number of hydrogen-bond donors (Lipinski definition) is 2. The Morgan fingerprint density at radius 3 is 2.67 bits per heavy atom. The average Bonchev–Trinajstić information content (AvgIpc) is 3.25. The summed E-state index contributed by atoms with van der Waals surface area (Å²) in [7, 11) is 0. The molecule has 0 radical (unpaired) electrons. The van der Waals surface area contributed by atoms with E-state index in [9.17, 15) is 28.2 Å². The third kappa shape index (κ3) is 4.31. The Kier molecular flexibility index (Phi) is 6.37. The molecule has 4 rings (SSSR count). The number of nitrogens with zero attached hydrogens (tertiary/aromatic N) is 2. The van der Waals surface area contributed by atoms with E-state index in [1.54, 1.807) is 0 Å². The molecule has 1 fully saturated rings. The van der Waals surface area contributed by atoms with Crippen molar-refractivity contribution in [3.8, 4) is 10.6 Å². The van der Waals surface area contributed by atoms with Crippen LogP contribution in [0.4, 0.5) is 13.2 Å². The fourth-order valence-electron chi connectivity index (χ4n) is 3.75. The highest BCUT2D eigenvalue weighted by atomic mass is 32.1. The van der Waals surface area contributed by atoms with Crippen molar-refractivity contribution in [2.75, 3.05) is 0 Å². The summed E-state index contributed by atoms with van der Waals surface area (Å²) >= 11 is 0.930. The van der Waals surface area contributed by atoms with Crippen LogP contribution in [0.15, 0.2) is 42.0 Å². The van der Waals surface area contributed by atoms with Crippen LogP contribution in [0.2, 0.25) is 0 Å². The molecule has 3 aromatic rings. The Labute approximate surface area is 191 Å². The van der Waals surface area contributed by atoms with Gasteiger partial charge in [-0.1, -0.05) is 6.07 Å². The van der Waals surface area contributed by atoms with Crippen LogP contribution in [0.1, 0.15) is 41.6 Å². The van der Waals surface area contributed by atoms with E-state index in [1.165, 1.54) is 43.8 Å². The van der Waals surface area contributed by atoms with E-state index in [4.69, 9.17) is 4.74 Å². The van der Waals surface area contributed by atoms with Gasteiger partial charge < -0.3 is 14.9 Å². The zero-order valence-corrected chi connectivity index (χ0v) is 18.5. The van der Waals surface area contributed by atoms with Crippen LogP contribution >= 0.6 is 11.3 Å². The second kappa shape index (κ2) is 8.94. The molecule has 0 saturated carbocycles. The number of benzene rings is 1. The first-order valence-electron chi connectivity index (χ1n) is 10.2. The monoisotopic (exact) mass is 478 g/mol. The van der Waals surface area contributed by atoms with E-state index in [0.29, 0.717) is 11.1 Å². The topological polar surface area (TPSA) is 92.5 Å². The van der Waals surface area contributed by atoms with Crippen LogP contribution in [0.5, 0.6) is 0 Å². The molecule has 1 aromatic carbocycles. The highest BCUT2D eigenvalue weighted by Crippen LogP contribution is 2.40. The zero-order valence-electron chi connectivity index (χ0n) is 17.7. The maximum atomic E-state index is 15.0. The van der Waals surface area contributed by atoms with E-state index in [2.05, 4.69) is 9.97 Å². The maximum absolute atomic E-state index is 15.0. The van der Waals surface area contributed by atoms with Gasteiger partial charge in [-0.25, -0.2) is 18.2 Å². The van der Waals surface area contributed by atoms with Crippen molar-refractivity contribution in [2.24, 2.45) is 0 Å². The molecule has 33 heavy (non-hydrogen) atoms. The summed E-state index contributed by atoms with van der Waals surface area (Å²) < 4.78 is 48.8. The molecule has 10 heteroatoms. The van der Waals surface area contributed by atoms with Crippen LogP contribution in [-0.4, -0.2) is 49.9 Å². The van der Waals surface area contributed by atoms with Gasteiger partial charge in [-0.3, -0.25) is 9.78 Å². The molecule has 6 nitrogen and oxygen atoms in total. The number of carbonyl (C=O) groups excluding carboxylic acids is 1. The number of pyridine rings is 1. The first-order valence-corrected chi connectivity index (χ1v) is 11.0. The van der Waals surface area contributed by atoms with Crippen molar-refractivity contribution in [2.45, 2.75) is 50.4 Å². The van der Waals surface area contributed by atoms with Crippen molar-refractivity contribution in [3.05, 3.63) is 70.5 Å². The molecule has 174 valence electrons. The Hall–Kier alpha value is -2.66.